The van der Waals surface area contributed by atoms with Crippen molar-refractivity contribution < 1.29 is 4.79 Å². The molecule has 0 spiro atoms. The number of urea groups is 1. The average molecular weight is 591 g/mol. The van der Waals surface area contributed by atoms with Gasteiger partial charge < -0.3 is 10.3 Å². The van der Waals surface area contributed by atoms with Crippen molar-refractivity contribution in [3.8, 4) is 5.69 Å². The van der Waals surface area contributed by atoms with Crippen LogP contribution < -0.4 is 16.2 Å². The standard InChI is InChI=1S/C28H18Cl3N7O2/c29-17-13-19(30)25(20(31)14-17)38-26-23(24(37-38)16-4-3-5-16)27(39)35-22(34-26)12-15-7-9-18(10-8-15)33-28(40)36-21-6-1-2-11-32-21/h1-11,13-14H,12H2,(H,34,35,39)(H2,32,33,36,40). The Labute approximate surface area is 242 Å². The van der Waals surface area contributed by atoms with Gasteiger partial charge in [0.2, 0.25) is 0 Å². The van der Waals surface area contributed by atoms with Crippen LogP contribution in [0.5, 0.6) is 0 Å². The number of pyridine rings is 1. The van der Waals surface area contributed by atoms with Crippen LogP contribution in [0.4, 0.5) is 16.3 Å². The normalized spacial score (nSPS) is 12.2. The second-order valence-corrected chi connectivity index (χ2v) is 10.1. The number of hydrogen-bond acceptors (Lipinski definition) is 5. The van der Waals surface area contributed by atoms with Crippen molar-refractivity contribution in [1.82, 2.24) is 24.7 Å². The highest BCUT2D eigenvalue weighted by Crippen LogP contribution is 2.35. The topological polar surface area (TPSA) is 118 Å². The van der Waals surface area contributed by atoms with Crippen LogP contribution in [0.2, 0.25) is 15.1 Å². The van der Waals surface area contributed by atoms with Gasteiger partial charge in [-0.3, -0.25) is 10.1 Å². The maximum Gasteiger partial charge on any atom is 0.324 e. The molecular weight excluding hydrogens is 573 g/mol. The minimum absolute atomic E-state index is 0.269. The van der Waals surface area contributed by atoms with Crippen LogP contribution in [0.25, 0.3) is 22.3 Å². The molecule has 2 amide bonds. The van der Waals surface area contributed by atoms with Crippen molar-refractivity contribution in [2.75, 3.05) is 10.6 Å². The third kappa shape index (κ3) is 5.10. The first-order chi connectivity index (χ1) is 19.4. The van der Waals surface area contributed by atoms with Crippen molar-refractivity contribution >= 4 is 68.9 Å². The molecule has 1 aliphatic carbocycles. The molecule has 3 aromatic heterocycles. The molecule has 5 aromatic rings. The molecule has 3 N–H and O–H groups in total. The zero-order chi connectivity index (χ0) is 27.8. The van der Waals surface area contributed by atoms with E-state index in [1.165, 1.54) is 4.68 Å². The van der Waals surface area contributed by atoms with E-state index in [1.807, 2.05) is 30.4 Å². The molecule has 0 radical (unpaired) electrons. The van der Waals surface area contributed by atoms with Crippen LogP contribution in [-0.4, -0.2) is 30.8 Å². The molecule has 198 valence electrons. The molecule has 0 saturated heterocycles. The third-order valence-electron chi connectivity index (χ3n) is 6.10. The number of fused-ring (bicyclic) bond motifs is 1. The van der Waals surface area contributed by atoms with E-state index < -0.39 is 6.03 Å². The number of benzene rings is 2. The summed E-state index contributed by atoms with van der Waals surface area (Å²) in [7, 11) is 0. The van der Waals surface area contributed by atoms with E-state index in [-0.39, 0.29) is 15.6 Å². The lowest BCUT2D eigenvalue weighted by Crippen LogP contribution is -2.19. The summed E-state index contributed by atoms with van der Waals surface area (Å²) in [5.74, 6) is 0.855. The number of carbonyl (C=O) groups is 1. The summed E-state index contributed by atoms with van der Waals surface area (Å²) in [5, 5.41) is 11.3. The number of aromatic nitrogens is 5. The number of nitrogens with one attached hydrogen (secondary N) is 3. The second kappa shape index (κ2) is 10.6. The van der Waals surface area contributed by atoms with E-state index in [0.29, 0.717) is 51.2 Å². The second-order valence-electron chi connectivity index (χ2n) is 8.84. The molecule has 0 aliphatic heterocycles. The highest BCUT2D eigenvalue weighted by Gasteiger charge is 2.23. The van der Waals surface area contributed by atoms with Gasteiger partial charge in [-0.05, 0) is 42.0 Å². The summed E-state index contributed by atoms with van der Waals surface area (Å²) in [4.78, 5) is 37.2. The van der Waals surface area contributed by atoms with Gasteiger partial charge in [-0.25, -0.2) is 19.4 Å². The third-order valence-corrected chi connectivity index (χ3v) is 6.89. The van der Waals surface area contributed by atoms with Gasteiger partial charge in [-0.2, -0.15) is 5.10 Å². The lowest BCUT2D eigenvalue weighted by atomic mass is 10.0. The fraction of sp³-hybridized carbons (Fsp3) is 0.0357. The van der Waals surface area contributed by atoms with Gasteiger partial charge in [-0.1, -0.05) is 71.2 Å². The van der Waals surface area contributed by atoms with Crippen LogP contribution in [-0.2, 0) is 6.42 Å². The maximum atomic E-state index is 13.3. The lowest BCUT2D eigenvalue weighted by molar-refractivity contribution is 0.262. The Morgan fingerprint density at radius 2 is 1.75 bits per heavy atom. The first-order valence-electron chi connectivity index (χ1n) is 12.0. The Hall–Kier alpha value is -4.44. The number of allylic oxidation sites excluding steroid dienone is 4. The first-order valence-corrected chi connectivity index (χ1v) is 13.1. The van der Waals surface area contributed by atoms with E-state index in [0.717, 1.165) is 11.1 Å². The van der Waals surface area contributed by atoms with E-state index in [1.54, 1.807) is 48.7 Å². The first kappa shape index (κ1) is 25.8. The van der Waals surface area contributed by atoms with Crippen molar-refractivity contribution in [1.29, 1.82) is 0 Å². The molecule has 0 atom stereocenters. The van der Waals surface area contributed by atoms with Crippen LogP contribution in [0.15, 0.2) is 83.8 Å². The van der Waals surface area contributed by atoms with Gasteiger partial charge in [0.1, 0.15) is 28.4 Å². The Kier molecular flexibility index (Phi) is 6.85. The smallest absolute Gasteiger partial charge is 0.310 e. The van der Waals surface area contributed by atoms with Gasteiger partial charge in [0, 0.05) is 28.9 Å². The van der Waals surface area contributed by atoms with Gasteiger partial charge in [0.25, 0.3) is 5.56 Å². The Bertz CT molecular complexity index is 1870. The summed E-state index contributed by atoms with van der Waals surface area (Å²) in [5.41, 5.74) is 3.05. The summed E-state index contributed by atoms with van der Waals surface area (Å²) < 4.78 is 1.48. The van der Waals surface area contributed by atoms with Crippen molar-refractivity contribution in [2.24, 2.45) is 0 Å². The molecule has 12 heteroatoms. The average Bonchev–Trinajstić information content (AvgIpc) is 3.23. The Morgan fingerprint density at radius 1 is 1.00 bits per heavy atom. The molecule has 40 heavy (non-hydrogen) atoms. The number of anilines is 2. The Balaban J connectivity index is 1.30. The van der Waals surface area contributed by atoms with Gasteiger partial charge in [0.15, 0.2) is 5.65 Å². The minimum atomic E-state index is -0.414. The number of hydrogen-bond donors (Lipinski definition) is 3. The largest absolute Gasteiger partial charge is 0.324 e. The SMILES string of the molecule is O=C(Nc1ccc(Cc2nc3c(c(C4=CC=C4)nn3-c3c(Cl)cc(Cl)cc3Cl)c(=O)[nH]2)cc1)Nc1ccccn1. The number of aromatic amines is 1. The zero-order valence-corrected chi connectivity index (χ0v) is 22.7. The van der Waals surface area contributed by atoms with Gasteiger partial charge in [-0.15, -0.1) is 0 Å². The highest BCUT2D eigenvalue weighted by atomic mass is 35.5. The van der Waals surface area contributed by atoms with Gasteiger partial charge in [0.05, 0.1) is 10.0 Å². The molecule has 0 unspecified atom stereocenters. The number of halogens is 3. The summed E-state index contributed by atoms with van der Waals surface area (Å²) in [6.45, 7) is 0. The number of amides is 2. The lowest BCUT2D eigenvalue weighted by Gasteiger charge is -2.10. The highest BCUT2D eigenvalue weighted by molar-refractivity contribution is 6.40. The number of nitrogens with zero attached hydrogens (tertiary/aromatic N) is 4. The van der Waals surface area contributed by atoms with E-state index >= 15 is 0 Å². The quantitative estimate of drug-likeness (QED) is 0.205. The molecular formula is C28H18Cl3N7O2. The fourth-order valence-corrected chi connectivity index (χ4v) is 5.19. The molecule has 1 aliphatic rings. The van der Waals surface area contributed by atoms with Crippen LogP contribution in [0.1, 0.15) is 17.1 Å². The summed E-state index contributed by atoms with van der Waals surface area (Å²) in [6.07, 6.45) is 7.48. The molecule has 9 nitrogen and oxygen atoms in total. The van der Waals surface area contributed by atoms with Crippen molar-refractivity contribution in [3.63, 3.8) is 0 Å². The Morgan fingerprint density at radius 3 is 2.40 bits per heavy atom. The number of carbonyl (C=O) groups excluding carboxylic acids is 1. The molecule has 6 rings (SSSR count). The van der Waals surface area contributed by atoms with Crippen LogP contribution in [0.3, 0.4) is 0 Å². The van der Waals surface area contributed by atoms with Crippen molar-refractivity contribution in [2.45, 2.75) is 6.42 Å². The molecule has 0 saturated carbocycles. The molecule has 3 heterocycles. The predicted octanol–water partition coefficient (Wildman–Crippen LogP) is 6.65. The predicted molar refractivity (Wildman–Crippen MR) is 158 cm³/mol. The zero-order valence-electron chi connectivity index (χ0n) is 20.5. The van der Waals surface area contributed by atoms with E-state index in [4.69, 9.17) is 39.8 Å². The fourth-order valence-electron chi connectivity index (χ4n) is 4.21. The van der Waals surface area contributed by atoms with Crippen molar-refractivity contribution in [3.05, 3.63) is 122 Å². The van der Waals surface area contributed by atoms with Gasteiger partial charge >= 0.3 is 6.03 Å². The van der Waals surface area contributed by atoms with Crippen LogP contribution >= 0.6 is 34.8 Å². The number of H-pyrrole nitrogens is 1. The maximum absolute atomic E-state index is 13.3. The van der Waals surface area contributed by atoms with E-state index in [2.05, 4.69) is 25.7 Å². The summed E-state index contributed by atoms with van der Waals surface area (Å²) >= 11 is 19.1. The van der Waals surface area contributed by atoms with Crippen LogP contribution in [0, 0.1) is 0 Å². The number of rotatable bonds is 6. The monoisotopic (exact) mass is 589 g/mol. The molecule has 2 aromatic carbocycles. The molecule has 0 fully saturated rings. The minimum Gasteiger partial charge on any atom is -0.310 e. The van der Waals surface area contributed by atoms with E-state index in [9.17, 15) is 9.59 Å². The molecule has 0 bridgehead atoms. The summed E-state index contributed by atoms with van der Waals surface area (Å²) in [6, 6.07) is 15.1.